The van der Waals surface area contributed by atoms with E-state index in [-0.39, 0.29) is 0 Å². The number of fused-ring (bicyclic) bond motifs is 5. The van der Waals surface area contributed by atoms with E-state index in [0.29, 0.717) is 22.7 Å². The molecule has 8 heteroatoms. The summed E-state index contributed by atoms with van der Waals surface area (Å²) < 4.78 is 29.9. The first kappa shape index (κ1) is 25.1. The van der Waals surface area contributed by atoms with Crippen LogP contribution in [0, 0.1) is 28.6 Å². The molecular weight excluding hydrogens is 454 g/mol. The first-order chi connectivity index (χ1) is 15.9. The van der Waals surface area contributed by atoms with Crippen LogP contribution in [-0.4, -0.2) is 35.9 Å². The summed E-state index contributed by atoms with van der Waals surface area (Å²) in [6.45, 7) is 4.92. The van der Waals surface area contributed by atoms with Gasteiger partial charge in [-0.3, -0.25) is 9.35 Å². The standard InChI is InChI=1S/C19H29NO.C7H6O5S/c1-18-9-7-13(21)11-12(18)3-4-14-15-5-6-17(20)19(15,2)10-8-16(14)18;8-7(9)5-3-1-2-4-6(5)13(10,11)12/h11,14-17H,3-10,20H2,1-2H3;1-4H,(H,8,9)(H,10,11,12)/t14?,15?,16?,17-,18-,19-;/m0./s1. The highest BCUT2D eigenvalue weighted by molar-refractivity contribution is 7.86. The molecule has 0 spiro atoms. The fraction of sp³-hybridized carbons (Fsp3) is 0.615. The first-order valence-electron chi connectivity index (χ1n) is 12.2. The van der Waals surface area contributed by atoms with Crippen LogP contribution >= 0.6 is 0 Å². The number of allylic oxidation sites excluding steroid dienone is 1. The molecule has 186 valence electrons. The summed E-state index contributed by atoms with van der Waals surface area (Å²) in [6.07, 6.45) is 11.5. The van der Waals surface area contributed by atoms with Crippen molar-refractivity contribution in [1.82, 2.24) is 0 Å². The third kappa shape index (κ3) is 4.25. The fourth-order valence-corrected chi connectivity index (χ4v) is 8.15. The van der Waals surface area contributed by atoms with Gasteiger partial charge in [0.1, 0.15) is 4.90 Å². The van der Waals surface area contributed by atoms with E-state index < -0.39 is 26.5 Å². The molecule has 4 aliphatic rings. The summed E-state index contributed by atoms with van der Waals surface area (Å²) in [5.74, 6) is 1.46. The predicted octanol–water partition coefficient (Wildman–Crippen LogP) is 4.48. The smallest absolute Gasteiger partial charge is 0.337 e. The quantitative estimate of drug-likeness (QED) is 0.521. The van der Waals surface area contributed by atoms with Gasteiger partial charge in [-0.15, -0.1) is 0 Å². The average Bonchev–Trinajstić information content (AvgIpc) is 3.09. The minimum absolute atomic E-state index is 0.310. The molecule has 5 rings (SSSR count). The topological polar surface area (TPSA) is 135 Å². The van der Waals surface area contributed by atoms with Crippen molar-refractivity contribution in [2.24, 2.45) is 34.3 Å². The molecule has 3 unspecified atom stereocenters. The Morgan fingerprint density at radius 3 is 2.38 bits per heavy atom. The maximum Gasteiger partial charge on any atom is 0.337 e. The van der Waals surface area contributed by atoms with Crippen molar-refractivity contribution < 1.29 is 27.7 Å². The molecule has 0 amide bonds. The van der Waals surface area contributed by atoms with E-state index in [9.17, 15) is 18.0 Å². The zero-order valence-corrected chi connectivity index (χ0v) is 20.7. The van der Waals surface area contributed by atoms with Gasteiger partial charge in [-0.25, -0.2) is 4.79 Å². The number of carbonyl (C=O) groups excluding carboxylic acids is 1. The van der Waals surface area contributed by atoms with Crippen molar-refractivity contribution in [1.29, 1.82) is 0 Å². The van der Waals surface area contributed by atoms with Crippen LogP contribution < -0.4 is 5.73 Å². The Morgan fingerprint density at radius 2 is 1.74 bits per heavy atom. The summed E-state index contributed by atoms with van der Waals surface area (Å²) in [6, 6.07) is 5.25. The van der Waals surface area contributed by atoms with Crippen LogP contribution in [0.5, 0.6) is 0 Å². The van der Waals surface area contributed by atoms with Crippen LogP contribution in [0.15, 0.2) is 40.8 Å². The molecule has 6 atom stereocenters. The molecule has 0 radical (unpaired) electrons. The van der Waals surface area contributed by atoms with Gasteiger partial charge in [0.15, 0.2) is 5.78 Å². The molecule has 0 aromatic heterocycles. The molecule has 1 aromatic rings. The molecule has 7 nitrogen and oxygen atoms in total. The second-order valence-electron chi connectivity index (χ2n) is 11.0. The van der Waals surface area contributed by atoms with Gasteiger partial charge >= 0.3 is 5.97 Å². The van der Waals surface area contributed by atoms with E-state index in [1.54, 1.807) is 0 Å². The minimum Gasteiger partial charge on any atom is -0.478 e. The van der Waals surface area contributed by atoms with Gasteiger partial charge in [0.25, 0.3) is 10.1 Å². The van der Waals surface area contributed by atoms with Gasteiger partial charge in [0.2, 0.25) is 0 Å². The molecule has 3 saturated carbocycles. The van der Waals surface area contributed by atoms with Crippen LogP contribution in [0.1, 0.15) is 75.6 Å². The molecule has 3 fully saturated rings. The highest BCUT2D eigenvalue weighted by Crippen LogP contribution is 2.64. The summed E-state index contributed by atoms with van der Waals surface area (Å²) in [5, 5.41) is 8.55. The number of rotatable bonds is 2. The Kier molecular flexibility index (Phi) is 6.55. The Bertz CT molecular complexity index is 1130. The van der Waals surface area contributed by atoms with Crippen molar-refractivity contribution in [2.75, 3.05) is 0 Å². The normalized spacial score (nSPS) is 36.8. The lowest BCUT2D eigenvalue weighted by Gasteiger charge is -2.57. The summed E-state index contributed by atoms with van der Waals surface area (Å²) in [5.41, 5.74) is 8.21. The van der Waals surface area contributed by atoms with Crippen molar-refractivity contribution in [3.8, 4) is 0 Å². The second kappa shape index (κ2) is 8.88. The maximum atomic E-state index is 11.8. The Hall–Kier alpha value is -2.03. The third-order valence-corrected chi connectivity index (χ3v) is 10.3. The van der Waals surface area contributed by atoms with Crippen LogP contribution in [-0.2, 0) is 14.9 Å². The lowest BCUT2D eigenvalue weighted by Crippen LogP contribution is -2.52. The van der Waals surface area contributed by atoms with Gasteiger partial charge < -0.3 is 10.8 Å². The number of benzene rings is 1. The number of hydrogen-bond acceptors (Lipinski definition) is 5. The monoisotopic (exact) mass is 489 g/mol. The number of carbonyl (C=O) groups is 2. The SMILES string of the molecule is C[C@]12CCC(=O)C=C1CCC1C2CC[C@@]2(C)C1CC[C@@H]2N.O=C(O)c1ccccc1S(=O)(=O)O. The number of aromatic carboxylic acids is 1. The highest BCUT2D eigenvalue weighted by atomic mass is 32.2. The number of ketones is 1. The van der Waals surface area contributed by atoms with E-state index in [2.05, 4.69) is 13.8 Å². The number of carboxylic acids is 1. The number of nitrogens with two attached hydrogens (primary N) is 1. The van der Waals surface area contributed by atoms with Crippen LogP contribution in [0.2, 0.25) is 0 Å². The average molecular weight is 490 g/mol. The van der Waals surface area contributed by atoms with Crippen molar-refractivity contribution in [3.05, 3.63) is 41.5 Å². The number of hydrogen-bond donors (Lipinski definition) is 3. The van der Waals surface area contributed by atoms with E-state index in [4.69, 9.17) is 15.4 Å². The fourth-order valence-electron chi connectivity index (χ4n) is 7.47. The van der Waals surface area contributed by atoms with E-state index >= 15 is 0 Å². The lowest BCUT2D eigenvalue weighted by atomic mass is 9.47. The van der Waals surface area contributed by atoms with Gasteiger partial charge in [-0.1, -0.05) is 31.6 Å². The predicted molar refractivity (Wildman–Crippen MR) is 128 cm³/mol. The van der Waals surface area contributed by atoms with E-state index in [1.165, 1.54) is 49.8 Å². The third-order valence-electron chi connectivity index (χ3n) is 9.43. The van der Waals surface area contributed by atoms with Gasteiger partial charge in [-0.05, 0) is 91.7 Å². The molecular formula is C26H35NO6S. The number of carboxylic acid groups (broad SMARTS) is 1. The summed E-state index contributed by atoms with van der Waals surface area (Å²) >= 11 is 0. The zero-order chi connectivity index (χ0) is 24.9. The second-order valence-corrected chi connectivity index (χ2v) is 12.4. The van der Waals surface area contributed by atoms with E-state index in [1.807, 2.05) is 6.08 Å². The minimum atomic E-state index is -4.46. The Labute approximate surface area is 201 Å². The van der Waals surface area contributed by atoms with Crippen molar-refractivity contribution in [3.63, 3.8) is 0 Å². The molecule has 0 saturated heterocycles. The van der Waals surface area contributed by atoms with Crippen molar-refractivity contribution >= 4 is 21.9 Å². The maximum absolute atomic E-state index is 11.8. The Morgan fingerprint density at radius 1 is 1.03 bits per heavy atom. The zero-order valence-electron chi connectivity index (χ0n) is 19.9. The summed E-state index contributed by atoms with van der Waals surface area (Å²) in [7, 11) is -4.46. The van der Waals surface area contributed by atoms with Crippen LogP contribution in [0.4, 0.5) is 0 Å². The van der Waals surface area contributed by atoms with Crippen molar-refractivity contribution in [2.45, 2.75) is 76.2 Å². The van der Waals surface area contributed by atoms with Crippen LogP contribution in [0.25, 0.3) is 0 Å². The van der Waals surface area contributed by atoms with Gasteiger partial charge in [-0.2, -0.15) is 8.42 Å². The summed E-state index contributed by atoms with van der Waals surface area (Å²) in [4.78, 5) is 21.7. The molecule has 4 N–H and O–H groups in total. The lowest BCUT2D eigenvalue weighted by molar-refractivity contribution is -0.117. The first-order valence-corrected chi connectivity index (χ1v) is 13.6. The molecule has 0 bridgehead atoms. The molecule has 0 heterocycles. The van der Waals surface area contributed by atoms with E-state index in [0.717, 1.165) is 49.1 Å². The molecule has 4 aliphatic carbocycles. The van der Waals surface area contributed by atoms with Gasteiger partial charge in [0.05, 0.1) is 5.56 Å². The largest absolute Gasteiger partial charge is 0.478 e. The molecule has 0 aliphatic heterocycles. The molecule has 34 heavy (non-hydrogen) atoms. The highest BCUT2D eigenvalue weighted by Gasteiger charge is 2.58. The van der Waals surface area contributed by atoms with Gasteiger partial charge in [0, 0.05) is 12.5 Å². The molecule has 1 aromatic carbocycles. The Balaban J connectivity index is 0.000000182. The van der Waals surface area contributed by atoms with Crippen LogP contribution in [0.3, 0.4) is 0 Å².